The lowest BCUT2D eigenvalue weighted by Gasteiger charge is -2.08. The molecule has 7 heteroatoms. The van der Waals surface area contributed by atoms with Crippen LogP contribution in [-0.4, -0.2) is 35.0 Å². The fourth-order valence-corrected chi connectivity index (χ4v) is 4.47. The summed E-state index contributed by atoms with van der Waals surface area (Å²) < 4.78 is 5.65. The van der Waals surface area contributed by atoms with Crippen molar-refractivity contribution < 1.29 is 19.4 Å². The predicted octanol–water partition coefficient (Wildman–Crippen LogP) is 6.52. The number of carbonyl (C=O) groups excluding carboxylic acids is 2. The van der Waals surface area contributed by atoms with E-state index in [0.717, 1.165) is 50.0 Å². The SMILES string of the molecule is CCCCCCSCCCC(=O)NNC(=O)CCCCCCCCCCOc1ccc(O)cc1. The number of hydrogen-bond donors (Lipinski definition) is 3. The van der Waals surface area contributed by atoms with Gasteiger partial charge >= 0.3 is 0 Å². The van der Waals surface area contributed by atoms with Crippen LogP contribution in [0.1, 0.15) is 103 Å². The van der Waals surface area contributed by atoms with Gasteiger partial charge in [-0.25, -0.2) is 0 Å². The Morgan fingerprint density at radius 2 is 1.26 bits per heavy atom. The van der Waals surface area contributed by atoms with Gasteiger partial charge < -0.3 is 9.84 Å². The number of ether oxygens (including phenoxy) is 1. The normalized spacial score (nSPS) is 10.7. The van der Waals surface area contributed by atoms with Crippen molar-refractivity contribution in [3.63, 3.8) is 0 Å². The van der Waals surface area contributed by atoms with E-state index in [1.807, 2.05) is 11.8 Å². The fraction of sp³-hybridized carbons (Fsp3) is 0.704. The fourth-order valence-electron chi connectivity index (χ4n) is 3.51. The van der Waals surface area contributed by atoms with Crippen LogP contribution < -0.4 is 15.6 Å². The largest absolute Gasteiger partial charge is 0.508 e. The highest BCUT2D eigenvalue weighted by molar-refractivity contribution is 7.99. The highest BCUT2D eigenvalue weighted by Crippen LogP contribution is 2.16. The lowest BCUT2D eigenvalue weighted by molar-refractivity contribution is -0.129. The minimum absolute atomic E-state index is 0.103. The molecule has 1 rings (SSSR count). The van der Waals surface area contributed by atoms with E-state index in [4.69, 9.17) is 4.74 Å². The quantitative estimate of drug-likeness (QED) is 0.134. The lowest BCUT2D eigenvalue weighted by Crippen LogP contribution is -2.41. The molecule has 0 spiro atoms. The Kier molecular flexibility index (Phi) is 19.2. The van der Waals surface area contributed by atoms with Crippen LogP contribution in [0.15, 0.2) is 24.3 Å². The van der Waals surface area contributed by atoms with Crippen molar-refractivity contribution in [2.24, 2.45) is 0 Å². The van der Waals surface area contributed by atoms with Crippen molar-refractivity contribution in [3.05, 3.63) is 24.3 Å². The zero-order valence-corrected chi connectivity index (χ0v) is 21.9. The zero-order valence-electron chi connectivity index (χ0n) is 21.1. The van der Waals surface area contributed by atoms with Gasteiger partial charge in [-0.15, -0.1) is 0 Å². The topological polar surface area (TPSA) is 87.7 Å². The molecular weight excluding hydrogens is 448 g/mol. The standard InChI is InChI=1S/C27H46N2O4S/c1-2-3-4-13-22-34-23-14-16-27(32)29-28-26(31)15-11-9-7-5-6-8-10-12-21-33-25-19-17-24(30)18-20-25/h17-20,30H,2-16,21-23H2,1H3,(H,28,31)(H,29,32). The number of aromatic hydroxyl groups is 1. The highest BCUT2D eigenvalue weighted by Gasteiger charge is 2.05. The van der Waals surface area contributed by atoms with Crippen molar-refractivity contribution in [2.75, 3.05) is 18.1 Å². The number of rotatable bonds is 21. The predicted molar refractivity (Wildman–Crippen MR) is 142 cm³/mol. The Morgan fingerprint density at radius 3 is 1.91 bits per heavy atom. The number of amides is 2. The van der Waals surface area contributed by atoms with Gasteiger partial charge in [0, 0.05) is 12.8 Å². The summed E-state index contributed by atoms with van der Waals surface area (Å²) in [4.78, 5) is 23.6. The van der Waals surface area contributed by atoms with E-state index in [1.54, 1.807) is 24.3 Å². The molecule has 0 saturated carbocycles. The molecule has 1 aromatic carbocycles. The molecule has 1 aromatic rings. The van der Waals surface area contributed by atoms with E-state index in [1.165, 1.54) is 50.7 Å². The summed E-state index contributed by atoms with van der Waals surface area (Å²) in [7, 11) is 0. The van der Waals surface area contributed by atoms with E-state index >= 15 is 0 Å². The van der Waals surface area contributed by atoms with E-state index in [0.29, 0.717) is 19.4 Å². The first-order valence-electron chi connectivity index (χ1n) is 13.2. The second kappa shape index (κ2) is 21.6. The summed E-state index contributed by atoms with van der Waals surface area (Å²) in [6, 6.07) is 6.82. The van der Waals surface area contributed by atoms with Crippen molar-refractivity contribution in [1.29, 1.82) is 0 Å². The molecule has 0 aliphatic carbocycles. The van der Waals surface area contributed by atoms with Crippen molar-refractivity contribution >= 4 is 23.6 Å². The molecule has 0 bridgehead atoms. The van der Waals surface area contributed by atoms with Gasteiger partial charge in [0.25, 0.3) is 0 Å². The average Bonchev–Trinajstić information content (AvgIpc) is 2.84. The summed E-state index contributed by atoms with van der Waals surface area (Å²) in [5.74, 6) is 3.02. The number of thioether (sulfide) groups is 1. The molecule has 3 N–H and O–H groups in total. The summed E-state index contributed by atoms with van der Waals surface area (Å²) in [5, 5.41) is 9.25. The average molecular weight is 495 g/mol. The van der Waals surface area contributed by atoms with Gasteiger partial charge in [-0.05, 0) is 61.5 Å². The maximum absolute atomic E-state index is 11.8. The van der Waals surface area contributed by atoms with Crippen LogP contribution in [0, 0.1) is 0 Å². The maximum atomic E-state index is 11.8. The van der Waals surface area contributed by atoms with Crippen molar-refractivity contribution in [3.8, 4) is 11.5 Å². The molecule has 0 fully saturated rings. The highest BCUT2D eigenvalue weighted by atomic mass is 32.2. The molecule has 0 heterocycles. The van der Waals surface area contributed by atoms with E-state index in [9.17, 15) is 14.7 Å². The van der Waals surface area contributed by atoms with Gasteiger partial charge in [0.1, 0.15) is 11.5 Å². The molecule has 0 aromatic heterocycles. The van der Waals surface area contributed by atoms with Gasteiger partial charge in [0.05, 0.1) is 6.61 Å². The Bertz CT molecular complexity index is 640. The van der Waals surface area contributed by atoms with Gasteiger partial charge in [-0.3, -0.25) is 20.4 Å². The Labute approximate surface area is 211 Å². The number of hydrazine groups is 1. The lowest BCUT2D eigenvalue weighted by atomic mass is 10.1. The van der Waals surface area contributed by atoms with Crippen LogP contribution >= 0.6 is 11.8 Å². The number of nitrogens with one attached hydrogen (secondary N) is 2. The molecule has 6 nitrogen and oxygen atoms in total. The van der Waals surface area contributed by atoms with Gasteiger partial charge in [-0.2, -0.15) is 11.8 Å². The van der Waals surface area contributed by atoms with E-state index in [2.05, 4.69) is 17.8 Å². The second-order valence-corrected chi connectivity index (χ2v) is 10.0. The Balaban J connectivity index is 1.81. The van der Waals surface area contributed by atoms with Gasteiger partial charge in [-0.1, -0.05) is 64.7 Å². The molecule has 0 aliphatic heterocycles. The summed E-state index contributed by atoms with van der Waals surface area (Å²) in [6.45, 7) is 2.92. The molecular formula is C27H46N2O4S. The van der Waals surface area contributed by atoms with E-state index in [-0.39, 0.29) is 17.6 Å². The number of benzene rings is 1. The number of phenols is 1. The van der Waals surface area contributed by atoms with Crippen LogP contribution in [0.2, 0.25) is 0 Å². The first-order valence-corrected chi connectivity index (χ1v) is 14.3. The molecule has 0 saturated heterocycles. The van der Waals surface area contributed by atoms with Crippen LogP contribution in [-0.2, 0) is 9.59 Å². The third-order valence-corrected chi connectivity index (χ3v) is 6.73. The summed E-state index contributed by atoms with van der Waals surface area (Å²) >= 11 is 1.91. The third-order valence-electron chi connectivity index (χ3n) is 5.58. The summed E-state index contributed by atoms with van der Waals surface area (Å²) in [6.07, 6.45) is 15.7. The van der Waals surface area contributed by atoms with Gasteiger partial charge in [0.2, 0.25) is 11.8 Å². The molecule has 0 atom stereocenters. The molecule has 34 heavy (non-hydrogen) atoms. The smallest absolute Gasteiger partial charge is 0.238 e. The molecule has 0 radical (unpaired) electrons. The van der Waals surface area contributed by atoms with Crippen LogP contribution in [0.5, 0.6) is 11.5 Å². The zero-order chi connectivity index (χ0) is 24.7. The third kappa shape index (κ3) is 18.5. The number of carbonyl (C=O) groups is 2. The van der Waals surface area contributed by atoms with Crippen molar-refractivity contribution in [2.45, 2.75) is 103 Å². The van der Waals surface area contributed by atoms with Crippen LogP contribution in [0.3, 0.4) is 0 Å². The summed E-state index contributed by atoms with van der Waals surface area (Å²) in [5.41, 5.74) is 5.06. The minimum atomic E-state index is -0.104. The second-order valence-electron chi connectivity index (χ2n) is 8.79. The Morgan fingerprint density at radius 1 is 0.735 bits per heavy atom. The Hall–Kier alpha value is -1.89. The molecule has 2 amide bonds. The van der Waals surface area contributed by atoms with Gasteiger partial charge in [0.15, 0.2) is 0 Å². The molecule has 0 aliphatic rings. The maximum Gasteiger partial charge on any atom is 0.238 e. The number of phenolic OH excluding ortho intramolecular Hbond substituents is 1. The first kappa shape index (κ1) is 30.1. The van der Waals surface area contributed by atoms with Crippen molar-refractivity contribution in [1.82, 2.24) is 10.9 Å². The van der Waals surface area contributed by atoms with E-state index < -0.39 is 0 Å². The molecule has 0 unspecified atom stereocenters. The van der Waals surface area contributed by atoms with Crippen LogP contribution in [0.4, 0.5) is 0 Å². The number of unbranched alkanes of at least 4 members (excludes halogenated alkanes) is 10. The number of hydrogen-bond acceptors (Lipinski definition) is 5. The molecule has 194 valence electrons. The minimum Gasteiger partial charge on any atom is -0.508 e. The first-order chi connectivity index (χ1) is 16.6. The monoisotopic (exact) mass is 494 g/mol. The van der Waals surface area contributed by atoms with Crippen LogP contribution in [0.25, 0.3) is 0 Å².